The number of fused-ring (bicyclic) bond motifs is 7. The molecule has 2 N–H and O–H groups in total. The van der Waals surface area contributed by atoms with Gasteiger partial charge >= 0.3 is 0 Å². The van der Waals surface area contributed by atoms with E-state index in [-0.39, 0.29) is 29.7 Å². The number of hydrogen-bond donors (Lipinski definition) is 2. The zero-order chi connectivity index (χ0) is 28.0. The molecule has 2 saturated heterocycles. The summed E-state index contributed by atoms with van der Waals surface area (Å²) >= 11 is 6.71. The molecular weight excluding hydrogens is 526 g/mol. The predicted octanol–water partition coefficient (Wildman–Crippen LogP) is 5.45. The Bertz CT molecular complexity index is 1600. The number of ether oxygens (including phenoxy) is 1. The van der Waals surface area contributed by atoms with Crippen molar-refractivity contribution >= 4 is 40.6 Å². The van der Waals surface area contributed by atoms with Gasteiger partial charge in [-0.25, -0.2) is 0 Å². The summed E-state index contributed by atoms with van der Waals surface area (Å²) in [5, 5.41) is 6.54. The van der Waals surface area contributed by atoms with Crippen molar-refractivity contribution in [3.05, 3.63) is 87.9 Å². The van der Waals surface area contributed by atoms with E-state index in [2.05, 4.69) is 15.5 Å². The smallest absolute Gasteiger partial charge is 0.251 e. The van der Waals surface area contributed by atoms with Crippen molar-refractivity contribution in [1.82, 2.24) is 4.90 Å². The summed E-state index contributed by atoms with van der Waals surface area (Å²) in [4.78, 5) is 45.9. The molecule has 4 aliphatic heterocycles. The highest BCUT2D eigenvalue weighted by Crippen LogP contribution is 2.68. The van der Waals surface area contributed by atoms with E-state index in [1.165, 1.54) is 0 Å². The largest absolute Gasteiger partial charge is 0.491 e. The van der Waals surface area contributed by atoms with Crippen LogP contribution in [0.25, 0.3) is 0 Å². The number of Topliss-reactive ketones (excluding diaryl/α,β-unsaturated/α-hetero) is 1. The maximum absolute atomic E-state index is 14.7. The Balaban J connectivity index is 1.51. The number of halogens is 1. The minimum absolute atomic E-state index is 0.00136. The van der Waals surface area contributed by atoms with E-state index in [9.17, 15) is 14.4 Å². The molecule has 2 fully saturated rings. The van der Waals surface area contributed by atoms with Crippen LogP contribution in [0.5, 0.6) is 5.75 Å². The van der Waals surface area contributed by atoms with Gasteiger partial charge in [-0.3, -0.25) is 19.3 Å². The minimum Gasteiger partial charge on any atom is -0.491 e. The fraction of sp³-hybridized carbons (Fsp3) is 0.344. The summed E-state index contributed by atoms with van der Waals surface area (Å²) in [5.74, 6) is -0.931. The van der Waals surface area contributed by atoms with E-state index in [1.807, 2.05) is 57.2 Å². The lowest BCUT2D eigenvalue weighted by Crippen LogP contribution is -2.62. The first-order valence-electron chi connectivity index (χ1n) is 13.8. The van der Waals surface area contributed by atoms with Crippen LogP contribution in [0.1, 0.15) is 53.7 Å². The summed E-state index contributed by atoms with van der Waals surface area (Å²) < 4.78 is 5.80. The van der Waals surface area contributed by atoms with Gasteiger partial charge in [-0.15, -0.1) is 0 Å². The second-order valence-corrected chi connectivity index (χ2v) is 12.0. The van der Waals surface area contributed by atoms with E-state index < -0.39 is 16.9 Å². The van der Waals surface area contributed by atoms with E-state index >= 15 is 0 Å². The molecule has 4 aliphatic rings. The quantitative estimate of drug-likeness (QED) is 0.418. The van der Waals surface area contributed by atoms with Gasteiger partial charge in [0.15, 0.2) is 5.78 Å². The number of carbonyl (C=O) groups excluding carboxylic acids is 3. The number of benzene rings is 3. The van der Waals surface area contributed by atoms with Crippen LogP contribution in [-0.2, 0) is 20.5 Å². The van der Waals surface area contributed by atoms with Crippen molar-refractivity contribution in [1.29, 1.82) is 0 Å². The highest BCUT2D eigenvalue weighted by Gasteiger charge is 2.81. The molecular formula is C32H30ClN3O4. The topological polar surface area (TPSA) is 87.7 Å². The first-order chi connectivity index (χ1) is 19.2. The van der Waals surface area contributed by atoms with Crippen LogP contribution in [0.3, 0.4) is 0 Å². The van der Waals surface area contributed by atoms with Crippen molar-refractivity contribution in [2.75, 3.05) is 17.2 Å². The van der Waals surface area contributed by atoms with Gasteiger partial charge in [0.1, 0.15) is 16.7 Å². The van der Waals surface area contributed by atoms with Gasteiger partial charge in [0.25, 0.3) is 5.91 Å². The van der Waals surface area contributed by atoms with Crippen LogP contribution >= 0.6 is 11.6 Å². The van der Waals surface area contributed by atoms with Crippen LogP contribution in [0, 0.1) is 12.8 Å². The third-order valence-corrected chi connectivity index (χ3v) is 9.39. The van der Waals surface area contributed by atoms with Crippen molar-refractivity contribution in [2.24, 2.45) is 5.92 Å². The number of para-hydroxylation sites is 1. The van der Waals surface area contributed by atoms with Crippen molar-refractivity contribution < 1.29 is 19.1 Å². The lowest BCUT2D eigenvalue weighted by molar-refractivity contribution is -0.137. The standard InChI is InChI=1S/C32H30ClN3O4/c1-17(2)40-20-12-10-19(11-13-20)28(37)26-25-9-6-14-36(25)32(22-15-18(3)16-23(33)27(22)35-30(32)39)31(26)21-7-4-5-8-24(21)34-29(31)38/h4-5,7-8,10-13,15-17,25-26H,6,9,14H2,1-3H3,(H,34,38)(H,35,39)/t25-,26-,31-,32-/m1/s1. The molecule has 2 spiro atoms. The van der Waals surface area contributed by atoms with E-state index in [4.69, 9.17) is 16.3 Å². The fourth-order valence-electron chi connectivity index (χ4n) is 7.92. The first kappa shape index (κ1) is 25.3. The van der Waals surface area contributed by atoms with Gasteiger partial charge in [-0.05, 0) is 87.7 Å². The molecule has 4 heterocycles. The summed E-state index contributed by atoms with van der Waals surface area (Å²) in [7, 11) is 0. The van der Waals surface area contributed by atoms with E-state index in [1.54, 1.807) is 24.3 Å². The molecule has 8 heteroatoms. The van der Waals surface area contributed by atoms with Gasteiger partial charge in [0.2, 0.25) is 5.91 Å². The Morgan fingerprint density at radius 3 is 2.52 bits per heavy atom. The Labute approximate surface area is 237 Å². The predicted molar refractivity (Wildman–Crippen MR) is 153 cm³/mol. The Kier molecular flexibility index (Phi) is 5.48. The number of nitrogens with zero attached hydrogens (tertiary/aromatic N) is 1. The molecule has 0 saturated carbocycles. The lowest BCUT2D eigenvalue weighted by atomic mass is 9.57. The maximum atomic E-state index is 14.7. The number of anilines is 2. The summed E-state index contributed by atoms with van der Waals surface area (Å²) in [5.41, 5.74) is 0.928. The Morgan fingerprint density at radius 1 is 1.02 bits per heavy atom. The zero-order valence-electron chi connectivity index (χ0n) is 22.6. The van der Waals surface area contributed by atoms with Crippen LogP contribution in [0.4, 0.5) is 11.4 Å². The summed E-state index contributed by atoms with van der Waals surface area (Å²) in [6, 6.07) is 18.0. The van der Waals surface area contributed by atoms with Gasteiger partial charge in [-0.2, -0.15) is 0 Å². The van der Waals surface area contributed by atoms with Crippen molar-refractivity contribution in [2.45, 2.75) is 56.7 Å². The molecule has 204 valence electrons. The monoisotopic (exact) mass is 555 g/mol. The molecule has 0 aromatic heterocycles. The number of aryl methyl sites for hydroxylation is 1. The third-order valence-electron chi connectivity index (χ3n) is 9.09. The molecule has 40 heavy (non-hydrogen) atoms. The molecule has 7 nitrogen and oxygen atoms in total. The normalized spacial score (nSPS) is 28.1. The molecule has 0 radical (unpaired) electrons. The van der Waals surface area contributed by atoms with Crippen molar-refractivity contribution in [3.8, 4) is 5.75 Å². The second kappa shape index (κ2) is 8.66. The molecule has 4 atom stereocenters. The Morgan fingerprint density at radius 2 is 1.77 bits per heavy atom. The maximum Gasteiger partial charge on any atom is 0.251 e. The molecule has 3 aromatic rings. The zero-order valence-corrected chi connectivity index (χ0v) is 23.3. The lowest BCUT2D eigenvalue weighted by Gasteiger charge is -2.43. The minimum atomic E-state index is -1.49. The highest BCUT2D eigenvalue weighted by atomic mass is 35.5. The average molecular weight is 556 g/mol. The van der Waals surface area contributed by atoms with Gasteiger partial charge in [-0.1, -0.05) is 35.9 Å². The average Bonchev–Trinajstić information content (AvgIpc) is 3.63. The van der Waals surface area contributed by atoms with Crippen LogP contribution in [-0.4, -0.2) is 41.2 Å². The molecule has 0 unspecified atom stereocenters. The van der Waals surface area contributed by atoms with E-state index in [0.29, 0.717) is 51.8 Å². The molecule has 3 aromatic carbocycles. The molecule has 0 aliphatic carbocycles. The van der Waals surface area contributed by atoms with Crippen molar-refractivity contribution in [3.63, 3.8) is 0 Å². The number of rotatable bonds is 4. The second-order valence-electron chi connectivity index (χ2n) is 11.6. The van der Waals surface area contributed by atoms with Crippen LogP contribution in [0.2, 0.25) is 5.02 Å². The molecule has 7 rings (SSSR count). The first-order valence-corrected chi connectivity index (χ1v) is 14.2. The Hall–Kier alpha value is -3.68. The molecule has 2 amide bonds. The van der Waals surface area contributed by atoms with Gasteiger partial charge in [0, 0.05) is 22.9 Å². The SMILES string of the molecule is Cc1cc(Cl)c2c(c1)[C@]1(C(=O)N2)N2CCC[C@@H]2[C@H](C(=O)c2ccc(OC(C)C)cc2)[C@]12C(=O)Nc1ccccc12. The molecule has 0 bridgehead atoms. The van der Waals surface area contributed by atoms with Crippen LogP contribution < -0.4 is 15.4 Å². The number of nitrogens with one attached hydrogen (secondary N) is 2. The number of hydrogen-bond acceptors (Lipinski definition) is 5. The van der Waals surface area contributed by atoms with Gasteiger partial charge < -0.3 is 15.4 Å². The van der Waals surface area contributed by atoms with Gasteiger partial charge in [0.05, 0.1) is 22.7 Å². The number of amides is 2. The summed E-state index contributed by atoms with van der Waals surface area (Å²) in [6.07, 6.45) is 1.52. The highest BCUT2D eigenvalue weighted by molar-refractivity contribution is 6.35. The van der Waals surface area contributed by atoms with E-state index in [0.717, 1.165) is 12.0 Å². The number of ketones is 1. The van der Waals surface area contributed by atoms with Crippen LogP contribution in [0.15, 0.2) is 60.7 Å². The third kappa shape index (κ3) is 3.02. The number of carbonyl (C=O) groups is 3. The summed E-state index contributed by atoms with van der Waals surface area (Å²) in [6.45, 7) is 6.41. The fourth-order valence-corrected chi connectivity index (χ4v) is 8.24.